The fourth-order valence-electron chi connectivity index (χ4n) is 1.28. The molecule has 0 fully saturated rings. The molecule has 3 nitrogen and oxygen atoms in total. The van der Waals surface area contributed by atoms with Gasteiger partial charge in [0.1, 0.15) is 5.51 Å². The molecule has 0 aliphatic heterocycles. The minimum absolute atomic E-state index is 0.387. The Morgan fingerprint density at radius 1 is 1.35 bits per heavy atom. The number of aromatic nitrogens is 2. The molecule has 2 N–H and O–H groups in total. The molecular weight excluding hydrogens is 250 g/mol. The van der Waals surface area contributed by atoms with Crippen LogP contribution in [0.5, 0.6) is 0 Å². The maximum absolute atomic E-state index is 5.38. The summed E-state index contributed by atoms with van der Waals surface area (Å²) in [6.07, 6.45) is 0. The van der Waals surface area contributed by atoms with Gasteiger partial charge < -0.3 is 5.73 Å². The molecule has 5 heteroatoms. The van der Waals surface area contributed by atoms with E-state index in [9.17, 15) is 0 Å². The lowest BCUT2D eigenvalue weighted by atomic mass is 10.1. The summed E-state index contributed by atoms with van der Waals surface area (Å²) in [7, 11) is 0. The quantitative estimate of drug-likeness (QED) is 0.679. The van der Waals surface area contributed by atoms with Crippen LogP contribution < -0.4 is 5.73 Å². The summed E-state index contributed by atoms with van der Waals surface area (Å²) < 4.78 is 0.978. The second-order valence-corrected chi connectivity index (χ2v) is 5.21. The van der Waals surface area contributed by atoms with E-state index in [4.69, 9.17) is 5.73 Å². The second-order valence-electron chi connectivity index (χ2n) is 3.16. The molecule has 2 aromatic rings. The first kappa shape index (κ1) is 12.1. The molecule has 0 amide bonds. The fraction of sp³-hybridized carbons (Fsp3) is 0.167. The van der Waals surface area contributed by atoms with E-state index in [1.54, 1.807) is 28.6 Å². The normalized spacial score (nSPS) is 9.71. The molecule has 0 saturated heterocycles. The Morgan fingerprint density at radius 3 is 3.00 bits per heavy atom. The maximum atomic E-state index is 5.38. The number of hydrogen-bond acceptors (Lipinski definition) is 5. The molecule has 1 aromatic heterocycles. The summed E-state index contributed by atoms with van der Waals surface area (Å²) in [6, 6.07) is 8.09. The molecule has 17 heavy (non-hydrogen) atoms. The van der Waals surface area contributed by atoms with Crippen LogP contribution in [0.15, 0.2) is 34.1 Å². The van der Waals surface area contributed by atoms with Crippen LogP contribution in [-0.4, -0.2) is 16.7 Å². The van der Waals surface area contributed by atoms with Crippen molar-refractivity contribution in [3.63, 3.8) is 0 Å². The molecule has 0 aliphatic rings. The van der Waals surface area contributed by atoms with Crippen LogP contribution in [0.3, 0.4) is 0 Å². The van der Waals surface area contributed by atoms with Gasteiger partial charge >= 0.3 is 0 Å². The standard InChI is InChI=1S/C12H11N3S2/c13-7-3-6-10-4-1-2-5-11(10)8-16-12-15-14-9-17-12/h1-2,4-5,9H,7-8,13H2. The van der Waals surface area contributed by atoms with Crippen LogP contribution in [0.4, 0.5) is 0 Å². The minimum atomic E-state index is 0.387. The van der Waals surface area contributed by atoms with Crippen molar-refractivity contribution in [3.8, 4) is 11.8 Å². The highest BCUT2D eigenvalue weighted by molar-refractivity contribution is 8.00. The van der Waals surface area contributed by atoms with E-state index in [1.165, 1.54) is 5.56 Å². The average molecular weight is 261 g/mol. The molecule has 0 atom stereocenters. The van der Waals surface area contributed by atoms with Gasteiger partial charge in [-0.3, -0.25) is 0 Å². The third-order valence-corrected chi connectivity index (χ3v) is 3.94. The summed E-state index contributed by atoms with van der Waals surface area (Å²) >= 11 is 3.22. The first-order valence-electron chi connectivity index (χ1n) is 5.06. The number of benzene rings is 1. The lowest BCUT2D eigenvalue weighted by molar-refractivity contribution is 1.01. The lowest BCUT2D eigenvalue weighted by Gasteiger charge is -2.02. The third kappa shape index (κ3) is 3.56. The zero-order valence-corrected chi connectivity index (χ0v) is 10.7. The van der Waals surface area contributed by atoms with Gasteiger partial charge in [-0.05, 0) is 11.6 Å². The number of hydrogen-bond donors (Lipinski definition) is 1. The van der Waals surface area contributed by atoms with E-state index >= 15 is 0 Å². The summed E-state index contributed by atoms with van der Waals surface area (Å²) in [5, 5.41) is 7.81. The Morgan fingerprint density at radius 2 is 2.24 bits per heavy atom. The van der Waals surface area contributed by atoms with Crippen LogP contribution in [0.25, 0.3) is 0 Å². The summed E-state index contributed by atoms with van der Waals surface area (Å²) in [4.78, 5) is 0. The van der Waals surface area contributed by atoms with Crippen LogP contribution >= 0.6 is 23.1 Å². The van der Waals surface area contributed by atoms with E-state index < -0.39 is 0 Å². The lowest BCUT2D eigenvalue weighted by Crippen LogP contribution is -1.94. The molecule has 1 aromatic carbocycles. The van der Waals surface area contributed by atoms with Gasteiger partial charge in [0, 0.05) is 11.3 Å². The van der Waals surface area contributed by atoms with Gasteiger partial charge in [0.15, 0.2) is 4.34 Å². The largest absolute Gasteiger partial charge is 0.320 e. The molecular formula is C12H11N3S2. The monoisotopic (exact) mass is 261 g/mol. The average Bonchev–Trinajstić information content (AvgIpc) is 2.88. The van der Waals surface area contributed by atoms with Gasteiger partial charge in [-0.1, -0.05) is 53.1 Å². The molecule has 0 aliphatic carbocycles. The third-order valence-electron chi connectivity index (χ3n) is 2.03. The first-order chi connectivity index (χ1) is 8.40. The van der Waals surface area contributed by atoms with Crippen LogP contribution in [0.2, 0.25) is 0 Å². The molecule has 0 radical (unpaired) electrons. The van der Waals surface area contributed by atoms with Crippen molar-refractivity contribution >= 4 is 23.1 Å². The van der Waals surface area contributed by atoms with E-state index in [0.717, 1.165) is 15.7 Å². The topological polar surface area (TPSA) is 51.8 Å². The molecule has 0 spiro atoms. The van der Waals surface area contributed by atoms with Crippen molar-refractivity contribution < 1.29 is 0 Å². The highest BCUT2D eigenvalue weighted by Gasteiger charge is 2.02. The molecule has 2 rings (SSSR count). The highest BCUT2D eigenvalue weighted by atomic mass is 32.2. The van der Waals surface area contributed by atoms with Crippen LogP contribution in [0, 0.1) is 11.8 Å². The van der Waals surface area contributed by atoms with Crippen molar-refractivity contribution in [2.75, 3.05) is 6.54 Å². The second kappa shape index (κ2) is 6.40. The van der Waals surface area contributed by atoms with E-state index in [0.29, 0.717) is 6.54 Å². The van der Waals surface area contributed by atoms with Gasteiger partial charge in [0.25, 0.3) is 0 Å². The fourth-order valence-corrected chi connectivity index (χ4v) is 2.77. The summed E-state index contributed by atoms with van der Waals surface area (Å²) in [5.74, 6) is 6.82. The van der Waals surface area contributed by atoms with Gasteiger partial charge in [0.2, 0.25) is 0 Å². The first-order valence-corrected chi connectivity index (χ1v) is 6.92. The summed E-state index contributed by atoms with van der Waals surface area (Å²) in [6.45, 7) is 0.387. The Balaban J connectivity index is 2.09. The minimum Gasteiger partial charge on any atom is -0.320 e. The Hall–Kier alpha value is -1.35. The van der Waals surface area contributed by atoms with Crippen molar-refractivity contribution in [1.82, 2.24) is 10.2 Å². The van der Waals surface area contributed by atoms with Crippen molar-refractivity contribution in [3.05, 3.63) is 40.9 Å². The SMILES string of the molecule is NCC#Cc1ccccc1CSc1nncs1. The van der Waals surface area contributed by atoms with Crippen LogP contribution in [0.1, 0.15) is 11.1 Å². The zero-order chi connectivity index (χ0) is 11.9. The van der Waals surface area contributed by atoms with Gasteiger partial charge in [-0.2, -0.15) is 0 Å². The van der Waals surface area contributed by atoms with E-state index in [2.05, 4.69) is 28.1 Å². The number of thioether (sulfide) groups is 1. The van der Waals surface area contributed by atoms with Gasteiger partial charge in [-0.25, -0.2) is 0 Å². The van der Waals surface area contributed by atoms with E-state index in [-0.39, 0.29) is 0 Å². The van der Waals surface area contributed by atoms with Gasteiger partial charge in [0.05, 0.1) is 6.54 Å². The Labute approximate surface area is 108 Å². The Bertz CT molecular complexity index is 526. The van der Waals surface area contributed by atoms with Crippen molar-refractivity contribution in [2.45, 2.75) is 10.1 Å². The van der Waals surface area contributed by atoms with Crippen molar-refractivity contribution in [2.24, 2.45) is 5.73 Å². The van der Waals surface area contributed by atoms with E-state index in [1.807, 2.05) is 18.2 Å². The number of rotatable bonds is 3. The highest BCUT2D eigenvalue weighted by Crippen LogP contribution is 2.24. The van der Waals surface area contributed by atoms with Crippen LogP contribution in [-0.2, 0) is 5.75 Å². The predicted molar refractivity (Wildman–Crippen MR) is 71.8 cm³/mol. The van der Waals surface area contributed by atoms with Crippen molar-refractivity contribution in [1.29, 1.82) is 0 Å². The zero-order valence-electron chi connectivity index (χ0n) is 9.09. The smallest absolute Gasteiger partial charge is 0.174 e. The Kier molecular flexibility index (Phi) is 4.56. The molecule has 0 unspecified atom stereocenters. The molecule has 0 saturated carbocycles. The molecule has 86 valence electrons. The molecule has 0 bridgehead atoms. The number of nitrogens with two attached hydrogens (primary N) is 1. The summed E-state index contributed by atoms with van der Waals surface area (Å²) in [5.41, 5.74) is 9.36. The number of nitrogens with zero attached hydrogens (tertiary/aromatic N) is 2. The van der Waals surface area contributed by atoms with Gasteiger partial charge in [-0.15, -0.1) is 10.2 Å². The maximum Gasteiger partial charge on any atom is 0.174 e. The molecule has 1 heterocycles. The predicted octanol–water partition coefficient (Wildman–Crippen LogP) is 2.14.